The number of methoxy groups -OCH3 is 2. The van der Waals surface area contributed by atoms with Crippen LogP contribution in [-0.2, 0) is 9.47 Å². The molecule has 0 fully saturated rings. The van der Waals surface area contributed by atoms with Crippen LogP contribution in [0.2, 0.25) is 0 Å². The van der Waals surface area contributed by atoms with Gasteiger partial charge in [-0.1, -0.05) is 12.1 Å². The third-order valence-corrected chi connectivity index (χ3v) is 2.98. The highest BCUT2D eigenvalue weighted by molar-refractivity contribution is 5.39. The largest absolute Gasteiger partial charge is 0.399 e. The molecule has 0 saturated carbocycles. The van der Waals surface area contributed by atoms with Crippen LogP contribution < -0.4 is 5.73 Å². The molecule has 0 amide bonds. The summed E-state index contributed by atoms with van der Waals surface area (Å²) in [6, 6.07) is 7.30. The van der Waals surface area contributed by atoms with Gasteiger partial charge < -0.3 is 20.3 Å². The van der Waals surface area contributed by atoms with E-state index in [1.165, 1.54) is 0 Å². The summed E-state index contributed by atoms with van der Waals surface area (Å²) in [5, 5.41) is 10.2. The number of rotatable bonds is 9. The number of anilines is 1. The fraction of sp³-hybridized carbons (Fsp3) is 0.571. The Hall–Kier alpha value is -1.14. The van der Waals surface area contributed by atoms with E-state index in [1.54, 1.807) is 26.4 Å². The molecule has 3 N–H and O–H groups in total. The Morgan fingerprint density at radius 2 is 1.63 bits per heavy atom. The first-order valence-electron chi connectivity index (χ1n) is 6.41. The van der Waals surface area contributed by atoms with E-state index < -0.39 is 6.10 Å². The van der Waals surface area contributed by atoms with Crippen molar-refractivity contribution in [1.82, 2.24) is 4.90 Å². The van der Waals surface area contributed by atoms with Gasteiger partial charge in [0, 0.05) is 39.5 Å². The van der Waals surface area contributed by atoms with Gasteiger partial charge in [-0.2, -0.15) is 0 Å². The molecule has 1 rings (SSSR count). The summed E-state index contributed by atoms with van der Waals surface area (Å²) in [4.78, 5) is 2.12. The monoisotopic (exact) mass is 268 g/mol. The van der Waals surface area contributed by atoms with Gasteiger partial charge in [0.15, 0.2) is 0 Å². The van der Waals surface area contributed by atoms with Crippen molar-refractivity contribution in [3.8, 4) is 0 Å². The SMILES string of the molecule is COCCN(CCOC)CC(O)c1ccc(N)cc1. The van der Waals surface area contributed by atoms with Crippen LogP contribution in [0.3, 0.4) is 0 Å². The second-order valence-corrected chi connectivity index (χ2v) is 4.47. The lowest BCUT2D eigenvalue weighted by atomic mass is 10.1. The number of benzene rings is 1. The highest BCUT2D eigenvalue weighted by Gasteiger charge is 2.13. The molecule has 1 atom stereocenters. The van der Waals surface area contributed by atoms with Crippen LogP contribution in [0.25, 0.3) is 0 Å². The lowest BCUT2D eigenvalue weighted by molar-refractivity contribution is 0.0697. The summed E-state index contributed by atoms with van der Waals surface area (Å²) in [7, 11) is 3.34. The lowest BCUT2D eigenvalue weighted by Gasteiger charge is -2.24. The van der Waals surface area contributed by atoms with Crippen molar-refractivity contribution in [2.45, 2.75) is 6.10 Å². The standard InChI is InChI=1S/C14H24N2O3/c1-18-9-7-16(8-10-19-2)11-14(17)12-3-5-13(15)6-4-12/h3-6,14,17H,7-11,15H2,1-2H3. The minimum atomic E-state index is -0.533. The Labute approximate surface area is 114 Å². The van der Waals surface area contributed by atoms with Gasteiger partial charge in [0.1, 0.15) is 0 Å². The minimum absolute atomic E-state index is 0.533. The van der Waals surface area contributed by atoms with Crippen molar-refractivity contribution in [2.24, 2.45) is 0 Å². The van der Waals surface area contributed by atoms with E-state index in [0.717, 1.165) is 18.7 Å². The normalized spacial score (nSPS) is 12.8. The van der Waals surface area contributed by atoms with Gasteiger partial charge in [-0.3, -0.25) is 4.90 Å². The Morgan fingerprint density at radius 3 is 2.11 bits per heavy atom. The summed E-state index contributed by atoms with van der Waals surface area (Å²) in [6.45, 7) is 3.37. The molecule has 1 unspecified atom stereocenters. The molecule has 0 heterocycles. The van der Waals surface area contributed by atoms with Crippen molar-refractivity contribution in [3.05, 3.63) is 29.8 Å². The second kappa shape index (κ2) is 8.87. The van der Waals surface area contributed by atoms with E-state index in [4.69, 9.17) is 15.2 Å². The molecule has 0 saturated heterocycles. The molecular formula is C14H24N2O3. The van der Waals surface area contributed by atoms with Crippen molar-refractivity contribution in [1.29, 1.82) is 0 Å². The van der Waals surface area contributed by atoms with Gasteiger partial charge in [-0.05, 0) is 17.7 Å². The molecule has 0 radical (unpaired) electrons. The van der Waals surface area contributed by atoms with Crippen LogP contribution in [-0.4, -0.2) is 57.1 Å². The maximum Gasteiger partial charge on any atom is 0.0916 e. The zero-order chi connectivity index (χ0) is 14.1. The smallest absolute Gasteiger partial charge is 0.0916 e. The predicted octanol–water partition coefficient (Wildman–Crippen LogP) is 0.897. The summed E-state index contributed by atoms with van der Waals surface area (Å²) in [5.41, 5.74) is 7.20. The molecule has 0 spiro atoms. The Morgan fingerprint density at radius 1 is 1.11 bits per heavy atom. The highest BCUT2D eigenvalue weighted by atomic mass is 16.5. The first-order chi connectivity index (χ1) is 9.17. The molecule has 0 aliphatic rings. The number of aliphatic hydroxyl groups excluding tert-OH is 1. The highest BCUT2D eigenvalue weighted by Crippen LogP contribution is 2.15. The van der Waals surface area contributed by atoms with E-state index in [0.29, 0.717) is 25.4 Å². The predicted molar refractivity (Wildman–Crippen MR) is 76.0 cm³/mol. The molecular weight excluding hydrogens is 244 g/mol. The average molecular weight is 268 g/mol. The molecule has 0 aromatic heterocycles. The fourth-order valence-electron chi connectivity index (χ4n) is 1.80. The van der Waals surface area contributed by atoms with Gasteiger partial charge >= 0.3 is 0 Å². The van der Waals surface area contributed by atoms with Crippen LogP contribution in [0, 0.1) is 0 Å². The lowest BCUT2D eigenvalue weighted by Crippen LogP contribution is -2.34. The first-order valence-corrected chi connectivity index (χ1v) is 6.41. The Kier molecular flexibility index (Phi) is 7.43. The summed E-state index contributed by atoms with van der Waals surface area (Å²) < 4.78 is 10.1. The van der Waals surface area contributed by atoms with E-state index in [-0.39, 0.29) is 0 Å². The average Bonchev–Trinajstić information content (AvgIpc) is 2.42. The van der Waals surface area contributed by atoms with Gasteiger partial charge in [0.25, 0.3) is 0 Å². The van der Waals surface area contributed by atoms with Gasteiger partial charge in [-0.15, -0.1) is 0 Å². The Bertz CT molecular complexity index is 335. The molecule has 1 aromatic carbocycles. The number of hydrogen-bond donors (Lipinski definition) is 2. The van der Waals surface area contributed by atoms with E-state index >= 15 is 0 Å². The fourth-order valence-corrected chi connectivity index (χ4v) is 1.80. The quantitative estimate of drug-likeness (QED) is 0.651. The van der Waals surface area contributed by atoms with Gasteiger partial charge in [0.2, 0.25) is 0 Å². The van der Waals surface area contributed by atoms with E-state index in [2.05, 4.69) is 4.90 Å². The molecule has 0 aliphatic heterocycles. The summed E-state index contributed by atoms with van der Waals surface area (Å²) >= 11 is 0. The van der Waals surface area contributed by atoms with Crippen molar-refractivity contribution in [3.63, 3.8) is 0 Å². The molecule has 5 heteroatoms. The number of hydrogen-bond acceptors (Lipinski definition) is 5. The number of aliphatic hydroxyl groups is 1. The molecule has 19 heavy (non-hydrogen) atoms. The number of nitrogen functional groups attached to an aromatic ring is 1. The topological polar surface area (TPSA) is 68.0 Å². The number of nitrogens with two attached hydrogens (primary N) is 1. The molecule has 0 bridgehead atoms. The number of ether oxygens (including phenoxy) is 2. The molecule has 108 valence electrons. The number of nitrogens with zero attached hydrogens (tertiary/aromatic N) is 1. The van der Waals surface area contributed by atoms with Crippen molar-refractivity contribution in [2.75, 3.05) is 52.8 Å². The summed E-state index contributed by atoms with van der Waals surface area (Å²) in [6.07, 6.45) is -0.533. The van der Waals surface area contributed by atoms with Crippen LogP contribution in [0.1, 0.15) is 11.7 Å². The third kappa shape index (κ3) is 6.02. The van der Waals surface area contributed by atoms with Crippen LogP contribution in [0.4, 0.5) is 5.69 Å². The molecule has 5 nitrogen and oxygen atoms in total. The Balaban J connectivity index is 2.53. The van der Waals surface area contributed by atoms with Gasteiger partial charge in [-0.25, -0.2) is 0 Å². The maximum absolute atomic E-state index is 10.2. The van der Waals surface area contributed by atoms with Crippen molar-refractivity contribution >= 4 is 5.69 Å². The zero-order valence-corrected chi connectivity index (χ0v) is 11.7. The molecule has 1 aromatic rings. The maximum atomic E-state index is 10.2. The van der Waals surface area contributed by atoms with Crippen LogP contribution in [0.5, 0.6) is 0 Å². The van der Waals surface area contributed by atoms with E-state index in [1.807, 2.05) is 12.1 Å². The molecule has 0 aliphatic carbocycles. The second-order valence-electron chi connectivity index (χ2n) is 4.47. The van der Waals surface area contributed by atoms with Crippen molar-refractivity contribution < 1.29 is 14.6 Å². The van der Waals surface area contributed by atoms with Crippen LogP contribution in [0.15, 0.2) is 24.3 Å². The minimum Gasteiger partial charge on any atom is -0.399 e. The van der Waals surface area contributed by atoms with E-state index in [9.17, 15) is 5.11 Å². The van der Waals surface area contributed by atoms with Crippen LogP contribution >= 0.6 is 0 Å². The third-order valence-electron chi connectivity index (χ3n) is 2.98. The zero-order valence-electron chi connectivity index (χ0n) is 11.7. The first kappa shape index (κ1) is 15.9. The van der Waals surface area contributed by atoms with Gasteiger partial charge in [0.05, 0.1) is 19.3 Å². The summed E-state index contributed by atoms with van der Waals surface area (Å²) in [5.74, 6) is 0.